The quantitative estimate of drug-likeness (QED) is 0.705. The van der Waals surface area contributed by atoms with Gasteiger partial charge in [0.1, 0.15) is 11.9 Å². The molecule has 1 spiro atoms. The molecular weight excluding hydrogens is 427 g/mol. The van der Waals surface area contributed by atoms with E-state index in [-0.39, 0.29) is 23.4 Å². The molecule has 31 heavy (non-hydrogen) atoms. The van der Waals surface area contributed by atoms with Crippen molar-refractivity contribution in [3.63, 3.8) is 0 Å². The summed E-state index contributed by atoms with van der Waals surface area (Å²) in [4.78, 5) is 0. The number of hydrogen-bond acceptors (Lipinski definition) is 8. The minimum absolute atomic E-state index is 0.0523. The Morgan fingerprint density at radius 1 is 1.10 bits per heavy atom. The van der Waals surface area contributed by atoms with Gasteiger partial charge in [0.25, 0.3) is 0 Å². The molecule has 4 fully saturated rings. The minimum atomic E-state index is -2.30. The third-order valence-corrected chi connectivity index (χ3v) is 7.32. The third-order valence-electron chi connectivity index (χ3n) is 6.99. The minimum Gasteiger partial charge on any atom is -0.447 e. The fourth-order valence-electron chi connectivity index (χ4n) is 5.57. The summed E-state index contributed by atoms with van der Waals surface area (Å²) in [5.41, 5.74) is -4.54. The Balaban J connectivity index is 1.76. The van der Waals surface area contributed by atoms with Crippen molar-refractivity contribution in [2.45, 2.75) is 36.9 Å². The summed E-state index contributed by atoms with van der Waals surface area (Å²) in [7, 11) is 0. The number of benzene rings is 1. The summed E-state index contributed by atoms with van der Waals surface area (Å²) in [6.07, 6.45) is -0.943. The monoisotopic (exact) mass is 442 g/mol. The normalized spacial score (nSPS) is 36.7. The molecular formula is C21H16ClFN4O4. The van der Waals surface area contributed by atoms with Crippen LogP contribution >= 0.6 is 11.6 Å². The van der Waals surface area contributed by atoms with Crippen molar-refractivity contribution in [2.24, 2.45) is 16.7 Å². The fourth-order valence-corrected chi connectivity index (χ4v) is 5.83. The van der Waals surface area contributed by atoms with Crippen molar-refractivity contribution in [3.05, 3.63) is 34.6 Å². The molecule has 1 saturated carbocycles. The van der Waals surface area contributed by atoms with E-state index in [4.69, 9.17) is 36.0 Å². The Bertz CT molecular complexity index is 1080. The lowest BCUT2D eigenvalue weighted by atomic mass is 9.51. The van der Waals surface area contributed by atoms with E-state index in [9.17, 15) is 20.2 Å². The van der Waals surface area contributed by atoms with E-state index in [2.05, 4.69) is 0 Å². The Morgan fingerprint density at radius 2 is 1.81 bits per heavy atom. The fraction of sp³-hybridized carbons (Fsp3) is 0.524. The summed E-state index contributed by atoms with van der Waals surface area (Å²) in [6.45, 7) is 0.737. The highest BCUT2D eigenvalue weighted by atomic mass is 35.5. The molecule has 1 N–H and O–H groups in total. The van der Waals surface area contributed by atoms with Gasteiger partial charge in [-0.2, -0.15) is 15.8 Å². The van der Waals surface area contributed by atoms with E-state index in [0.717, 1.165) is 6.07 Å². The number of ether oxygens (including phenoxy) is 4. The highest BCUT2D eigenvalue weighted by Gasteiger charge is 2.82. The lowest BCUT2D eigenvalue weighted by Crippen LogP contribution is -2.63. The van der Waals surface area contributed by atoms with Crippen LogP contribution in [0.5, 0.6) is 0 Å². The van der Waals surface area contributed by atoms with E-state index in [1.165, 1.54) is 12.1 Å². The first-order valence-corrected chi connectivity index (χ1v) is 10.1. The Kier molecular flexibility index (Phi) is 4.16. The van der Waals surface area contributed by atoms with Gasteiger partial charge in [0, 0.05) is 29.8 Å². The molecule has 158 valence electrons. The van der Waals surface area contributed by atoms with Gasteiger partial charge in [-0.05, 0) is 12.1 Å². The van der Waals surface area contributed by atoms with Crippen molar-refractivity contribution in [1.29, 1.82) is 21.2 Å². The molecule has 1 aliphatic carbocycles. The molecule has 4 aliphatic rings. The molecule has 1 aromatic rings. The van der Waals surface area contributed by atoms with E-state index in [1.807, 2.05) is 18.2 Å². The topological polar surface area (TPSA) is 132 Å². The van der Waals surface area contributed by atoms with Crippen LogP contribution in [-0.2, 0) is 18.9 Å². The van der Waals surface area contributed by atoms with Crippen LogP contribution in [0.3, 0.4) is 0 Å². The van der Waals surface area contributed by atoms with Gasteiger partial charge in [-0.15, -0.1) is 0 Å². The Hall–Kier alpha value is -2.74. The molecule has 3 heterocycles. The smallest absolute Gasteiger partial charge is 0.218 e. The molecule has 5 rings (SSSR count). The largest absolute Gasteiger partial charge is 0.447 e. The van der Waals surface area contributed by atoms with Crippen LogP contribution in [0.25, 0.3) is 0 Å². The highest BCUT2D eigenvalue weighted by molar-refractivity contribution is 6.31. The first-order chi connectivity index (χ1) is 14.8. The van der Waals surface area contributed by atoms with Crippen LogP contribution in [0.1, 0.15) is 30.9 Å². The van der Waals surface area contributed by atoms with E-state index in [0.29, 0.717) is 19.6 Å². The van der Waals surface area contributed by atoms with E-state index < -0.39 is 46.1 Å². The van der Waals surface area contributed by atoms with E-state index in [1.54, 1.807) is 0 Å². The molecule has 3 saturated heterocycles. The van der Waals surface area contributed by atoms with Crippen LogP contribution < -0.4 is 0 Å². The van der Waals surface area contributed by atoms with Crippen LogP contribution in [-0.4, -0.2) is 30.7 Å². The average Bonchev–Trinajstić information content (AvgIpc) is 3.28. The maximum absolute atomic E-state index is 14.9. The molecule has 8 nitrogen and oxygen atoms in total. The molecule has 1 aromatic carbocycles. The Labute approximate surface area is 182 Å². The highest BCUT2D eigenvalue weighted by Crippen LogP contribution is 2.71. The molecule has 3 aliphatic heterocycles. The summed E-state index contributed by atoms with van der Waals surface area (Å²) in [5, 5.41) is 39.4. The lowest BCUT2D eigenvalue weighted by Gasteiger charge is -2.54. The molecule has 4 unspecified atom stereocenters. The van der Waals surface area contributed by atoms with Gasteiger partial charge in [-0.1, -0.05) is 17.7 Å². The van der Waals surface area contributed by atoms with Gasteiger partial charge < -0.3 is 18.9 Å². The van der Waals surface area contributed by atoms with Gasteiger partial charge in [-0.3, -0.25) is 5.41 Å². The average molecular weight is 443 g/mol. The van der Waals surface area contributed by atoms with Crippen molar-refractivity contribution < 1.29 is 23.3 Å². The molecule has 0 amide bonds. The van der Waals surface area contributed by atoms with Crippen LogP contribution in [0, 0.1) is 62.0 Å². The van der Waals surface area contributed by atoms with Gasteiger partial charge in [0.2, 0.25) is 17.1 Å². The van der Waals surface area contributed by atoms with Crippen molar-refractivity contribution in [2.75, 3.05) is 13.2 Å². The van der Waals surface area contributed by atoms with Crippen LogP contribution in [0.2, 0.25) is 5.02 Å². The molecule has 0 radical (unpaired) electrons. The lowest BCUT2D eigenvalue weighted by molar-refractivity contribution is -0.331. The van der Waals surface area contributed by atoms with Gasteiger partial charge in [-0.25, -0.2) is 4.39 Å². The number of halogens is 2. The zero-order valence-corrected chi connectivity index (χ0v) is 16.9. The number of nitrogens with zero attached hydrogens (tertiary/aromatic N) is 3. The predicted molar refractivity (Wildman–Crippen MR) is 100 cm³/mol. The third kappa shape index (κ3) is 2.23. The molecule has 4 atom stereocenters. The van der Waals surface area contributed by atoms with Crippen molar-refractivity contribution in [1.82, 2.24) is 0 Å². The SMILES string of the molecule is N#CC1(C#N)C(c2c(F)cccc2Cl)OC23CCC4(CC2C1(C#N)C(=N)O3)OCCO4. The molecule has 0 aromatic heterocycles. The van der Waals surface area contributed by atoms with Gasteiger partial charge in [0.05, 0.1) is 37.3 Å². The van der Waals surface area contributed by atoms with Gasteiger partial charge in [0.15, 0.2) is 11.2 Å². The summed E-state index contributed by atoms with van der Waals surface area (Å²) in [6, 6.07) is 9.76. The summed E-state index contributed by atoms with van der Waals surface area (Å²) >= 11 is 6.26. The second-order valence-corrected chi connectivity index (χ2v) is 8.60. The Morgan fingerprint density at radius 3 is 2.42 bits per heavy atom. The maximum Gasteiger partial charge on any atom is 0.218 e. The molecule has 2 bridgehead atoms. The standard InChI is InChI=1S/C21H16ClFN4O4/c22-12-2-1-3-13(23)15(12)16-18(9-24,10-25)20(11-26)14-8-19(28-6-7-29-19)4-5-21(14,30-16)31-17(20)27/h1-3,14,16,27H,4-8H2. The first kappa shape index (κ1) is 20.2. The molecule has 10 heteroatoms. The van der Waals surface area contributed by atoms with E-state index >= 15 is 0 Å². The number of hydrogen-bond donors (Lipinski definition) is 1. The maximum atomic E-state index is 14.9. The number of nitrogens with one attached hydrogen (secondary N) is 1. The predicted octanol–water partition coefficient (Wildman–Crippen LogP) is 3.34. The second-order valence-electron chi connectivity index (χ2n) is 8.19. The van der Waals surface area contributed by atoms with Gasteiger partial charge >= 0.3 is 0 Å². The van der Waals surface area contributed by atoms with Crippen LogP contribution in [0.4, 0.5) is 4.39 Å². The van der Waals surface area contributed by atoms with Crippen molar-refractivity contribution >= 4 is 17.5 Å². The number of nitriles is 3. The first-order valence-electron chi connectivity index (χ1n) is 9.75. The zero-order chi connectivity index (χ0) is 22.1. The van der Waals surface area contributed by atoms with Crippen molar-refractivity contribution in [3.8, 4) is 18.2 Å². The zero-order valence-electron chi connectivity index (χ0n) is 16.2. The number of rotatable bonds is 1. The summed E-state index contributed by atoms with van der Waals surface area (Å²) in [5.74, 6) is -4.76. The summed E-state index contributed by atoms with van der Waals surface area (Å²) < 4.78 is 38.6. The van der Waals surface area contributed by atoms with Crippen LogP contribution in [0.15, 0.2) is 18.2 Å². The second kappa shape index (κ2) is 6.38.